The molecule has 5 amide bonds. The second-order valence-corrected chi connectivity index (χ2v) is 7.79. The van der Waals surface area contributed by atoms with E-state index in [1.165, 1.54) is 0 Å². The molecule has 1 aromatic rings. The molecule has 1 saturated heterocycles. The minimum Gasteiger partial charge on any atom is -0.356 e. The Hall–Kier alpha value is -2.77. The summed E-state index contributed by atoms with van der Waals surface area (Å²) in [7, 11) is 0. The molecule has 2 rings (SSSR count). The fraction of sp³-hybridized carbons (Fsp3) is 0.571. The highest BCUT2D eigenvalue weighted by atomic mass is 16.2. The second kappa shape index (κ2) is 11.3. The molecule has 0 aromatic heterocycles. The van der Waals surface area contributed by atoms with Crippen LogP contribution in [0, 0.1) is 11.8 Å². The highest BCUT2D eigenvalue weighted by molar-refractivity contribution is 5.91. The number of nitrogens with one attached hydrogen (secondary N) is 4. The summed E-state index contributed by atoms with van der Waals surface area (Å²) in [4.78, 5) is 38.0. The van der Waals surface area contributed by atoms with Crippen molar-refractivity contribution in [2.45, 2.75) is 40.0 Å². The van der Waals surface area contributed by atoms with Gasteiger partial charge >= 0.3 is 12.1 Å². The lowest BCUT2D eigenvalue weighted by Gasteiger charge is -2.31. The SMILES string of the molecule is CCCNC(=O)Nc1ccc(NC(=O)N2CCC(C(=O)NCC(C)C)CC2)cc1. The summed E-state index contributed by atoms with van der Waals surface area (Å²) in [5, 5.41) is 11.3. The summed E-state index contributed by atoms with van der Waals surface area (Å²) in [6.07, 6.45) is 2.22. The first-order chi connectivity index (χ1) is 13.9. The number of piperidine rings is 1. The maximum atomic E-state index is 12.5. The normalized spacial score (nSPS) is 14.4. The summed E-state index contributed by atoms with van der Waals surface area (Å²) in [6, 6.07) is 6.56. The molecule has 0 radical (unpaired) electrons. The summed E-state index contributed by atoms with van der Waals surface area (Å²) in [5.41, 5.74) is 1.32. The van der Waals surface area contributed by atoms with Gasteiger partial charge < -0.3 is 26.2 Å². The number of benzene rings is 1. The molecule has 160 valence electrons. The van der Waals surface area contributed by atoms with Crippen LogP contribution in [-0.4, -0.2) is 49.0 Å². The Morgan fingerprint density at radius 2 is 1.59 bits per heavy atom. The van der Waals surface area contributed by atoms with Gasteiger partial charge in [-0.3, -0.25) is 4.79 Å². The zero-order valence-corrected chi connectivity index (χ0v) is 17.6. The van der Waals surface area contributed by atoms with E-state index in [1.54, 1.807) is 29.2 Å². The van der Waals surface area contributed by atoms with Crippen molar-refractivity contribution >= 4 is 29.3 Å². The van der Waals surface area contributed by atoms with Crippen molar-refractivity contribution in [1.29, 1.82) is 0 Å². The van der Waals surface area contributed by atoms with Crippen LogP contribution in [0.5, 0.6) is 0 Å². The lowest BCUT2D eigenvalue weighted by Crippen LogP contribution is -2.45. The Labute approximate surface area is 172 Å². The molecule has 1 aromatic carbocycles. The molecule has 0 bridgehead atoms. The molecule has 8 heteroatoms. The van der Waals surface area contributed by atoms with Crippen molar-refractivity contribution in [2.75, 3.05) is 36.8 Å². The van der Waals surface area contributed by atoms with Crippen LogP contribution in [0.4, 0.5) is 21.0 Å². The molecule has 1 aliphatic heterocycles. The monoisotopic (exact) mass is 403 g/mol. The van der Waals surface area contributed by atoms with E-state index in [9.17, 15) is 14.4 Å². The maximum absolute atomic E-state index is 12.5. The Morgan fingerprint density at radius 3 is 2.14 bits per heavy atom. The minimum atomic E-state index is -0.246. The average molecular weight is 404 g/mol. The molecule has 1 heterocycles. The summed E-state index contributed by atoms with van der Waals surface area (Å²) in [6.45, 7) is 8.54. The first-order valence-corrected chi connectivity index (χ1v) is 10.4. The predicted molar refractivity (Wildman–Crippen MR) is 115 cm³/mol. The number of nitrogens with zero attached hydrogens (tertiary/aromatic N) is 1. The number of hydrogen-bond donors (Lipinski definition) is 4. The fourth-order valence-electron chi connectivity index (χ4n) is 3.05. The summed E-state index contributed by atoms with van der Waals surface area (Å²) < 4.78 is 0. The van der Waals surface area contributed by atoms with Gasteiger partial charge in [-0.05, 0) is 49.4 Å². The molecular weight excluding hydrogens is 370 g/mol. The van der Waals surface area contributed by atoms with Gasteiger partial charge in [-0.2, -0.15) is 0 Å². The Morgan fingerprint density at radius 1 is 1.00 bits per heavy atom. The van der Waals surface area contributed by atoms with E-state index in [-0.39, 0.29) is 23.9 Å². The van der Waals surface area contributed by atoms with Crippen molar-refractivity contribution in [3.05, 3.63) is 24.3 Å². The van der Waals surface area contributed by atoms with E-state index in [1.807, 2.05) is 6.92 Å². The minimum absolute atomic E-state index is 0.0259. The topological polar surface area (TPSA) is 103 Å². The molecule has 0 unspecified atom stereocenters. The Kier molecular flexibility index (Phi) is 8.76. The van der Waals surface area contributed by atoms with Crippen LogP contribution in [0.25, 0.3) is 0 Å². The highest BCUT2D eigenvalue weighted by Gasteiger charge is 2.27. The molecule has 4 N–H and O–H groups in total. The molecule has 29 heavy (non-hydrogen) atoms. The van der Waals surface area contributed by atoms with Gasteiger partial charge in [0.15, 0.2) is 0 Å². The smallest absolute Gasteiger partial charge is 0.321 e. The first kappa shape index (κ1) is 22.5. The molecule has 1 aliphatic rings. The van der Waals surface area contributed by atoms with Gasteiger partial charge in [-0.15, -0.1) is 0 Å². The van der Waals surface area contributed by atoms with Crippen LogP contribution in [-0.2, 0) is 4.79 Å². The Bertz CT molecular complexity index is 682. The number of amides is 5. The van der Waals surface area contributed by atoms with Gasteiger partial charge in [0.1, 0.15) is 0 Å². The second-order valence-electron chi connectivity index (χ2n) is 7.79. The van der Waals surface area contributed by atoms with Gasteiger partial charge in [-0.25, -0.2) is 9.59 Å². The number of anilines is 2. The van der Waals surface area contributed by atoms with Crippen molar-refractivity contribution in [1.82, 2.24) is 15.5 Å². The molecular formula is C21H33N5O3. The summed E-state index contributed by atoms with van der Waals surface area (Å²) in [5.74, 6) is 0.490. The predicted octanol–water partition coefficient (Wildman–Crippen LogP) is 3.23. The van der Waals surface area contributed by atoms with Crippen LogP contribution in [0.2, 0.25) is 0 Å². The lowest BCUT2D eigenvalue weighted by molar-refractivity contribution is -0.126. The molecule has 0 spiro atoms. The first-order valence-electron chi connectivity index (χ1n) is 10.4. The molecule has 0 aliphatic carbocycles. The van der Waals surface area contributed by atoms with Crippen LogP contribution < -0.4 is 21.3 Å². The number of rotatable bonds is 7. The largest absolute Gasteiger partial charge is 0.356 e. The molecule has 1 fully saturated rings. The van der Waals surface area contributed by atoms with Gasteiger partial charge in [0, 0.05) is 43.5 Å². The van der Waals surface area contributed by atoms with Gasteiger partial charge in [0.05, 0.1) is 0 Å². The maximum Gasteiger partial charge on any atom is 0.321 e. The fourth-order valence-corrected chi connectivity index (χ4v) is 3.05. The number of hydrogen-bond acceptors (Lipinski definition) is 3. The average Bonchev–Trinajstić information content (AvgIpc) is 2.72. The lowest BCUT2D eigenvalue weighted by atomic mass is 9.96. The van der Waals surface area contributed by atoms with E-state index >= 15 is 0 Å². The standard InChI is InChI=1S/C21H33N5O3/c1-4-11-22-20(28)24-17-5-7-18(8-6-17)25-21(29)26-12-9-16(10-13-26)19(27)23-14-15(2)3/h5-8,15-16H,4,9-14H2,1-3H3,(H,23,27)(H,25,29)(H2,22,24,28). The third-order valence-corrected chi connectivity index (χ3v) is 4.77. The van der Waals surface area contributed by atoms with E-state index in [0.717, 1.165) is 6.42 Å². The van der Waals surface area contributed by atoms with Crippen LogP contribution in [0.1, 0.15) is 40.0 Å². The van der Waals surface area contributed by atoms with E-state index in [4.69, 9.17) is 0 Å². The van der Waals surface area contributed by atoms with E-state index < -0.39 is 0 Å². The van der Waals surface area contributed by atoms with Crippen molar-refractivity contribution in [3.8, 4) is 0 Å². The van der Waals surface area contributed by atoms with Gasteiger partial charge in [0.2, 0.25) is 5.91 Å². The van der Waals surface area contributed by atoms with Crippen LogP contribution in [0.15, 0.2) is 24.3 Å². The third-order valence-electron chi connectivity index (χ3n) is 4.77. The zero-order chi connectivity index (χ0) is 21.2. The number of urea groups is 2. The van der Waals surface area contributed by atoms with E-state index in [2.05, 4.69) is 35.1 Å². The highest BCUT2D eigenvalue weighted by Crippen LogP contribution is 2.19. The van der Waals surface area contributed by atoms with Gasteiger partial charge in [0.25, 0.3) is 0 Å². The van der Waals surface area contributed by atoms with Crippen molar-refractivity contribution in [2.24, 2.45) is 11.8 Å². The molecule has 8 nitrogen and oxygen atoms in total. The number of carbonyl (C=O) groups is 3. The van der Waals surface area contributed by atoms with Crippen LogP contribution >= 0.6 is 0 Å². The number of likely N-dealkylation sites (tertiary alicyclic amines) is 1. The van der Waals surface area contributed by atoms with E-state index in [0.29, 0.717) is 56.3 Å². The van der Waals surface area contributed by atoms with Crippen molar-refractivity contribution in [3.63, 3.8) is 0 Å². The quantitative estimate of drug-likeness (QED) is 0.562. The summed E-state index contributed by atoms with van der Waals surface area (Å²) >= 11 is 0. The van der Waals surface area contributed by atoms with Gasteiger partial charge in [-0.1, -0.05) is 20.8 Å². The number of carbonyl (C=O) groups excluding carboxylic acids is 3. The van der Waals surface area contributed by atoms with Crippen molar-refractivity contribution < 1.29 is 14.4 Å². The Balaban J connectivity index is 1.76. The molecule has 0 saturated carbocycles. The molecule has 0 atom stereocenters. The third kappa shape index (κ3) is 7.63. The zero-order valence-electron chi connectivity index (χ0n) is 17.6. The van der Waals surface area contributed by atoms with Crippen LogP contribution in [0.3, 0.4) is 0 Å².